The summed E-state index contributed by atoms with van der Waals surface area (Å²) in [5.74, 6) is -2.24. The molecule has 2 heterocycles. The first-order valence-corrected chi connectivity index (χ1v) is 10.7. The van der Waals surface area contributed by atoms with Crippen molar-refractivity contribution in [3.8, 4) is 5.75 Å². The average molecular weight is 455 g/mol. The maximum atomic E-state index is 13.2. The average Bonchev–Trinajstić information content (AvgIpc) is 2.79. The molecule has 0 fully saturated rings. The van der Waals surface area contributed by atoms with E-state index in [2.05, 4.69) is 4.98 Å². The lowest BCUT2D eigenvalue weighted by molar-refractivity contribution is -0.131. The fourth-order valence-electron chi connectivity index (χ4n) is 3.64. The van der Waals surface area contributed by atoms with E-state index in [-0.39, 0.29) is 35.9 Å². The molecule has 0 saturated carbocycles. The molecule has 33 heavy (non-hydrogen) atoms. The van der Waals surface area contributed by atoms with Crippen LogP contribution in [0, 0.1) is 5.82 Å². The molecule has 3 rings (SSSR count). The van der Waals surface area contributed by atoms with Gasteiger partial charge in [-0.1, -0.05) is 12.1 Å². The van der Waals surface area contributed by atoms with E-state index in [0.717, 1.165) is 10.1 Å². The molecule has 9 heteroatoms. The molecule has 0 radical (unpaired) electrons. The van der Waals surface area contributed by atoms with Crippen LogP contribution in [-0.4, -0.2) is 51.1 Å². The molecule has 2 aromatic heterocycles. The quantitative estimate of drug-likeness (QED) is 0.524. The van der Waals surface area contributed by atoms with Crippen LogP contribution in [0.3, 0.4) is 0 Å². The Morgan fingerprint density at radius 1 is 1.12 bits per heavy atom. The Kier molecular flexibility index (Phi) is 7.42. The van der Waals surface area contributed by atoms with Crippen LogP contribution in [0.25, 0.3) is 11.0 Å². The minimum Gasteiger partial charge on any atom is -0.505 e. The third kappa shape index (κ3) is 5.02. The number of likely N-dealkylation sites (N-methyl/N-ethyl adjacent to an activating group) is 1. The van der Waals surface area contributed by atoms with Gasteiger partial charge in [0.05, 0.1) is 12.1 Å². The molecule has 1 N–H and O–H groups in total. The van der Waals surface area contributed by atoms with E-state index >= 15 is 0 Å². The van der Waals surface area contributed by atoms with Crippen LogP contribution in [0.15, 0.2) is 41.3 Å². The number of nitrogens with zero attached hydrogens (tertiary/aromatic N) is 3. The van der Waals surface area contributed by atoms with Crippen LogP contribution in [0.5, 0.6) is 5.75 Å². The molecular formula is C24H26FN3O5. The van der Waals surface area contributed by atoms with Crippen LogP contribution in [-0.2, 0) is 22.5 Å². The van der Waals surface area contributed by atoms with Crippen molar-refractivity contribution in [2.24, 2.45) is 0 Å². The molecule has 0 aliphatic heterocycles. The lowest BCUT2D eigenvalue weighted by atomic mass is 10.1. The van der Waals surface area contributed by atoms with E-state index in [9.17, 15) is 23.9 Å². The van der Waals surface area contributed by atoms with Gasteiger partial charge < -0.3 is 14.7 Å². The van der Waals surface area contributed by atoms with Gasteiger partial charge in [-0.3, -0.25) is 19.1 Å². The molecule has 1 aromatic carbocycles. The molecule has 174 valence electrons. The molecule has 3 aromatic rings. The Labute approximate surface area is 190 Å². The summed E-state index contributed by atoms with van der Waals surface area (Å²) in [6.45, 7) is 5.83. The van der Waals surface area contributed by atoms with Gasteiger partial charge in [0.1, 0.15) is 17.9 Å². The maximum absolute atomic E-state index is 13.2. The van der Waals surface area contributed by atoms with Crippen LogP contribution in [0.1, 0.15) is 42.3 Å². The molecular weight excluding hydrogens is 429 g/mol. The van der Waals surface area contributed by atoms with E-state index < -0.39 is 22.8 Å². The van der Waals surface area contributed by atoms with E-state index in [1.165, 1.54) is 18.3 Å². The molecule has 0 spiro atoms. The van der Waals surface area contributed by atoms with E-state index in [4.69, 9.17) is 4.74 Å². The van der Waals surface area contributed by atoms with Crippen molar-refractivity contribution in [2.45, 2.75) is 33.7 Å². The third-order valence-electron chi connectivity index (χ3n) is 5.35. The molecule has 0 saturated heterocycles. The Bertz CT molecular complexity index is 1230. The van der Waals surface area contributed by atoms with E-state index in [0.29, 0.717) is 25.1 Å². The lowest BCUT2D eigenvalue weighted by Gasteiger charge is -2.20. The smallest absolute Gasteiger partial charge is 0.347 e. The summed E-state index contributed by atoms with van der Waals surface area (Å²) in [7, 11) is 0. The fourth-order valence-corrected chi connectivity index (χ4v) is 3.64. The van der Waals surface area contributed by atoms with E-state index in [1.807, 2.05) is 13.8 Å². The van der Waals surface area contributed by atoms with Gasteiger partial charge in [-0.2, -0.15) is 0 Å². The Hall–Kier alpha value is -3.75. The normalized spacial score (nSPS) is 10.9. The van der Waals surface area contributed by atoms with Gasteiger partial charge in [0.15, 0.2) is 11.3 Å². The zero-order chi connectivity index (χ0) is 24.1. The number of hydrogen-bond donors (Lipinski definition) is 1. The summed E-state index contributed by atoms with van der Waals surface area (Å²) >= 11 is 0. The van der Waals surface area contributed by atoms with Crippen molar-refractivity contribution < 1.29 is 23.8 Å². The number of pyridine rings is 2. The standard InChI is InChI=1S/C24H26FN3O5/c1-4-27(5-2)19(29)14-28-18-12-16(11-15-7-9-17(25)10-8-15)13-26-21(18)22(30)20(23(28)31)24(32)33-6-3/h7-10,12-13,30H,4-6,11,14H2,1-3H3. The maximum Gasteiger partial charge on any atom is 0.347 e. The summed E-state index contributed by atoms with van der Waals surface area (Å²) in [5, 5.41) is 10.7. The highest BCUT2D eigenvalue weighted by Crippen LogP contribution is 2.26. The predicted octanol–water partition coefficient (Wildman–Crippen LogP) is 2.88. The Balaban J connectivity index is 2.18. The number of carbonyl (C=O) groups is 2. The first-order valence-electron chi connectivity index (χ1n) is 10.7. The zero-order valence-electron chi connectivity index (χ0n) is 18.8. The van der Waals surface area contributed by atoms with Crippen molar-refractivity contribution in [1.29, 1.82) is 0 Å². The fraction of sp³-hybridized carbons (Fsp3) is 0.333. The van der Waals surface area contributed by atoms with Gasteiger partial charge in [-0.15, -0.1) is 0 Å². The summed E-state index contributed by atoms with van der Waals surface area (Å²) in [5.41, 5.74) is 0.326. The molecule has 8 nitrogen and oxygen atoms in total. The van der Waals surface area contributed by atoms with Crippen molar-refractivity contribution in [1.82, 2.24) is 14.5 Å². The minimum absolute atomic E-state index is 0.00727. The number of aromatic nitrogens is 2. The molecule has 1 amide bonds. The molecule has 0 atom stereocenters. The van der Waals surface area contributed by atoms with Crippen molar-refractivity contribution in [3.05, 3.63) is 69.4 Å². The third-order valence-corrected chi connectivity index (χ3v) is 5.35. The van der Waals surface area contributed by atoms with E-state index in [1.54, 1.807) is 30.0 Å². The van der Waals surface area contributed by atoms with Crippen LogP contribution < -0.4 is 5.56 Å². The summed E-state index contributed by atoms with van der Waals surface area (Å²) < 4.78 is 19.3. The number of carbonyl (C=O) groups excluding carboxylic acids is 2. The number of hydrogen-bond acceptors (Lipinski definition) is 6. The van der Waals surface area contributed by atoms with Crippen molar-refractivity contribution >= 4 is 22.9 Å². The highest BCUT2D eigenvalue weighted by Gasteiger charge is 2.26. The Morgan fingerprint density at radius 3 is 2.39 bits per heavy atom. The number of benzene rings is 1. The SMILES string of the molecule is CCOC(=O)c1c(O)c2ncc(Cc3ccc(F)cc3)cc2n(CC(=O)N(CC)CC)c1=O. The first kappa shape index (κ1) is 23.9. The summed E-state index contributed by atoms with van der Waals surface area (Å²) in [6, 6.07) is 7.60. The number of amides is 1. The van der Waals surface area contributed by atoms with Gasteiger partial charge in [0.25, 0.3) is 5.56 Å². The summed E-state index contributed by atoms with van der Waals surface area (Å²) in [4.78, 5) is 44.3. The van der Waals surface area contributed by atoms with Crippen LogP contribution in [0.4, 0.5) is 4.39 Å². The number of halogens is 1. The number of aromatic hydroxyl groups is 1. The topological polar surface area (TPSA) is 102 Å². The van der Waals surface area contributed by atoms with Gasteiger partial charge in [0.2, 0.25) is 5.91 Å². The number of rotatable bonds is 8. The monoisotopic (exact) mass is 455 g/mol. The second-order valence-corrected chi connectivity index (χ2v) is 7.42. The van der Waals surface area contributed by atoms with Gasteiger partial charge in [0, 0.05) is 19.3 Å². The first-order chi connectivity index (χ1) is 15.8. The highest BCUT2D eigenvalue weighted by molar-refractivity contribution is 5.98. The number of fused-ring (bicyclic) bond motifs is 1. The zero-order valence-corrected chi connectivity index (χ0v) is 18.8. The second kappa shape index (κ2) is 10.2. The van der Waals surface area contributed by atoms with Crippen LogP contribution >= 0.6 is 0 Å². The second-order valence-electron chi connectivity index (χ2n) is 7.42. The van der Waals surface area contributed by atoms with Crippen molar-refractivity contribution in [3.63, 3.8) is 0 Å². The van der Waals surface area contributed by atoms with Gasteiger partial charge >= 0.3 is 5.97 Å². The van der Waals surface area contributed by atoms with Crippen LogP contribution in [0.2, 0.25) is 0 Å². The predicted molar refractivity (Wildman–Crippen MR) is 121 cm³/mol. The molecule has 0 aliphatic carbocycles. The van der Waals surface area contributed by atoms with Gasteiger partial charge in [-0.05, 0) is 56.5 Å². The van der Waals surface area contributed by atoms with Crippen molar-refractivity contribution in [2.75, 3.05) is 19.7 Å². The number of esters is 1. The molecule has 0 bridgehead atoms. The summed E-state index contributed by atoms with van der Waals surface area (Å²) in [6.07, 6.45) is 1.89. The highest BCUT2D eigenvalue weighted by atomic mass is 19.1. The van der Waals surface area contributed by atoms with Gasteiger partial charge in [-0.25, -0.2) is 9.18 Å². The molecule has 0 unspecified atom stereocenters. The largest absolute Gasteiger partial charge is 0.505 e. The minimum atomic E-state index is -0.983. The Morgan fingerprint density at radius 2 is 1.79 bits per heavy atom. The number of ether oxygens (including phenoxy) is 1. The lowest BCUT2D eigenvalue weighted by Crippen LogP contribution is -2.38. The molecule has 0 aliphatic rings.